The molecule has 2 aromatic rings. The fourth-order valence-corrected chi connectivity index (χ4v) is 2.39. The summed E-state index contributed by atoms with van der Waals surface area (Å²) in [5.41, 5.74) is 6.89. The maximum atomic E-state index is 5.78. The predicted octanol–water partition coefficient (Wildman–Crippen LogP) is 2.93. The quantitative estimate of drug-likeness (QED) is 0.897. The molecule has 18 heavy (non-hydrogen) atoms. The lowest BCUT2D eigenvalue weighted by Gasteiger charge is -2.27. The maximum absolute atomic E-state index is 5.78. The number of aromatic nitrogens is 1. The molecule has 2 N–H and O–H groups in total. The zero-order chi connectivity index (χ0) is 13.1. The summed E-state index contributed by atoms with van der Waals surface area (Å²) in [5, 5.41) is 2.40. The molecule has 3 nitrogen and oxygen atoms in total. The van der Waals surface area contributed by atoms with Crippen molar-refractivity contribution in [2.45, 2.75) is 33.4 Å². The number of nitrogens with zero attached hydrogens (tertiary/aromatic N) is 2. The van der Waals surface area contributed by atoms with Crippen LogP contribution in [-0.4, -0.2) is 17.6 Å². The molecule has 1 heterocycles. The molecule has 0 aliphatic carbocycles. The first-order valence-electron chi connectivity index (χ1n) is 6.52. The van der Waals surface area contributed by atoms with E-state index in [2.05, 4.69) is 54.9 Å². The molecule has 0 aliphatic rings. The van der Waals surface area contributed by atoms with E-state index in [9.17, 15) is 0 Å². The standard InChI is InChI=1S/C15H21N3/c1-4-18(11(2)3)15-14-8-6-5-7-13(14)12(9-16)10-17-15/h5-8,10-11H,4,9,16H2,1-3H3. The lowest BCUT2D eigenvalue weighted by atomic mass is 10.1. The Kier molecular flexibility index (Phi) is 3.82. The molecule has 0 fully saturated rings. The Morgan fingerprint density at radius 2 is 1.89 bits per heavy atom. The molecule has 0 saturated carbocycles. The number of rotatable bonds is 4. The molecule has 3 heteroatoms. The number of fused-ring (bicyclic) bond motifs is 1. The number of hydrogen-bond donors (Lipinski definition) is 1. The second-order valence-corrected chi connectivity index (χ2v) is 4.74. The van der Waals surface area contributed by atoms with Gasteiger partial charge in [-0.05, 0) is 31.7 Å². The summed E-state index contributed by atoms with van der Waals surface area (Å²) in [6, 6.07) is 8.80. The Morgan fingerprint density at radius 1 is 1.22 bits per heavy atom. The second-order valence-electron chi connectivity index (χ2n) is 4.74. The van der Waals surface area contributed by atoms with Crippen LogP contribution in [0.25, 0.3) is 10.8 Å². The minimum absolute atomic E-state index is 0.439. The second kappa shape index (κ2) is 5.36. The van der Waals surface area contributed by atoms with Crippen molar-refractivity contribution >= 4 is 16.6 Å². The number of hydrogen-bond acceptors (Lipinski definition) is 3. The maximum Gasteiger partial charge on any atom is 0.136 e. The van der Waals surface area contributed by atoms with E-state index < -0.39 is 0 Å². The molecule has 0 bridgehead atoms. The van der Waals surface area contributed by atoms with Gasteiger partial charge in [-0.2, -0.15) is 0 Å². The summed E-state index contributed by atoms with van der Waals surface area (Å²) in [5.74, 6) is 1.06. The topological polar surface area (TPSA) is 42.2 Å². The molecule has 0 aliphatic heterocycles. The van der Waals surface area contributed by atoms with Gasteiger partial charge in [-0.1, -0.05) is 24.3 Å². The van der Waals surface area contributed by atoms with Crippen LogP contribution in [0.2, 0.25) is 0 Å². The van der Waals surface area contributed by atoms with Crippen LogP contribution in [0, 0.1) is 0 Å². The molecule has 2 rings (SSSR count). The van der Waals surface area contributed by atoms with Crippen molar-refractivity contribution < 1.29 is 0 Å². The highest BCUT2D eigenvalue weighted by Crippen LogP contribution is 2.27. The van der Waals surface area contributed by atoms with Crippen LogP contribution >= 0.6 is 0 Å². The van der Waals surface area contributed by atoms with Gasteiger partial charge in [0.05, 0.1) is 0 Å². The molecule has 0 amide bonds. The third kappa shape index (κ3) is 2.18. The highest BCUT2D eigenvalue weighted by Gasteiger charge is 2.14. The fourth-order valence-electron chi connectivity index (χ4n) is 2.39. The Bertz CT molecular complexity index is 534. The zero-order valence-electron chi connectivity index (χ0n) is 11.4. The number of pyridine rings is 1. The summed E-state index contributed by atoms with van der Waals surface area (Å²) in [4.78, 5) is 6.92. The van der Waals surface area contributed by atoms with Crippen LogP contribution in [0.3, 0.4) is 0 Å². The molecule has 0 atom stereocenters. The largest absolute Gasteiger partial charge is 0.354 e. The minimum Gasteiger partial charge on any atom is -0.354 e. The molecule has 1 aromatic heterocycles. The molecule has 96 valence electrons. The van der Waals surface area contributed by atoms with E-state index in [1.807, 2.05) is 6.20 Å². The smallest absolute Gasteiger partial charge is 0.136 e. The van der Waals surface area contributed by atoms with Crippen molar-refractivity contribution in [3.63, 3.8) is 0 Å². The van der Waals surface area contributed by atoms with Gasteiger partial charge < -0.3 is 10.6 Å². The van der Waals surface area contributed by atoms with Crippen molar-refractivity contribution in [3.05, 3.63) is 36.0 Å². The van der Waals surface area contributed by atoms with Crippen LogP contribution in [0.15, 0.2) is 30.5 Å². The molecule has 0 spiro atoms. The first-order chi connectivity index (χ1) is 8.69. The molecular weight excluding hydrogens is 222 g/mol. The van der Waals surface area contributed by atoms with E-state index in [1.165, 1.54) is 10.8 Å². The summed E-state index contributed by atoms with van der Waals surface area (Å²) in [6.45, 7) is 8.03. The fraction of sp³-hybridized carbons (Fsp3) is 0.400. The summed E-state index contributed by atoms with van der Waals surface area (Å²) in [6.07, 6.45) is 1.91. The van der Waals surface area contributed by atoms with E-state index in [0.717, 1.165) is 17.9 Å². The highest BCUT2D eigenvalue weighted by molar-refractivity contribution is 5.94. The first kappa shape index (κ1) is 12.8. The van der Waals surface area contributed by atoms with Crippen molar-refractivity contribution in [1.29, 1.82) is 0 Å². The Labute approximate surface area is 109 Å². The molecule has 0 saturated heterocycles. The van der Waals surface area contributed by atoms with E-state index in [1.54, 1.807) is 0 Å². The molecule has 0 unspecified atom stereocenters. The number of nitrogens with two attached hydrogens (primary N) is 1. The van der Waals surface area contributed by atoms with Crippen molar-refractivity contribution in [2.75, 3.05) is 11.4 Å². The molecular formula is C15H21N3. The average molecular weight is 243 g/mol. The summed E-state index contributed by atoms with van der Waals surface area (Å²) < 4.78 is 0. The molecule has 0 radical (unpaired) electrons. The Hall–Kier alpha value is -1.61. The van der Waals surface area contributed by atoms with E-state index in [4.69, 9.17) is 5.73 Å². The van der Waals surface area contributed by atoms with Crippen LogP contribution in [-0.2, 0) is 6.54 Å². The average Bonchev–Trinajstić information content (AvgIpc) is 2.39. The third-order valence-corrected chi connectivity index (χ3v) is 3.31. The zero-order valence-corrected chi connectivity index (χ0v) is 11.4. The van der Waals surface area contributed by atoms with Crippen LogP contribution in [0.1, 0.15) is 26.3 Å². The summed E-state index contributed by atoms with van der Waals surface area (Å²) in [7, 11) is 0. The highest BCUT2D eigenvalue weighted by atomic mass is 15.2. The van der Waals surface area contributed by atoms with Crippen molar-refractivity contribution in [1.82, 2.24) is 4.98 Å². The van der Waals surface area contributed by atoms with Crippen molar-refractivity contribution in [3.8, 4) is 0 Å². The van der Waals surface area contributed by atoms with E-state index in [-0.39, 0.29) is 0 Å². The monoisotopic (exact) mass is 243 g/mol. The van der Waals surface area contributed by atoms with Gasteiger partial charge in [0.1, 0.15) is 5.82 Å². The lowest BCUT2D eigenvalue weighted by molar-refractivity contribution is 0.696. The van der Waals surface area contributed by atoms with Crippen LogP contribution < -0.4 is 10.6 Å². The summed E-state index contributed by atoms with van der Waals surface area (Å²) >= 11 is 0. The Morgan fingerprint density at radius 3 is 2.44 bits per heavy atom. The van der Waals surface area contributed by atoms with Gasteiger partial charge in [-0.3, -0.25) is 0 Å². The third-order valence-electron chi connectivity index (χ3n) is 3.31. The van der Waals surface area contributed by atoms with E-state index >= 15 is 0 Å². The van der Waals surface area contributed by atoms with Gasteiger partial charge in [0.25, 0.3) is 0 Å². The van der Waals surface area contributed by atoms with Gasteiger partial charge in [-0.25, -0.2) is 4.98 Å². The minimum atomic E-state index is 0.439. The first-order valence-corrected chi connectivity index (χ1v) is 6.52. The number of anilines is 1. The van der Waals surface area contributed by atoms with Crippen molar-refractivity contribution in [2.24, 2.45) is 5.73 Å². The van der Waals surface area contributed by atoms with E-state index in [0.29, 0.717) is 12.6 Å². The Balaban J connectivity index is 2.65. The lowest BCUT2D eigenvalue weighted by Crippen LogP contribution is -2.31. The predicted molar refractivity (Wildman–Crippen MR) is 77.8 cm³/mol. The van der Waals surface area contributed by atoms with Gasteiger partial charge >= 0.3 is 0 Å². The van der Waals surface area contributed by atoms with Crippen LogP contribution in [0.4, 0.5) is 5.82 Å². The van der Waals surface area contributed by atoms with Gasteiger partial charge in [0, 0.05) is 30.7 Å². The molecule has 1 aromatic carbocycles. The van der Waals surface area contributed by atoms with Crippen LogP contribution in [0.5, 0.6) is 0 Å². The van der Waals surface area contributed by atoms with Gasteiger partial charge in [-0.15, -0.1) is 0 Å². The van der Waals surface area contributed by atoms with Gasteiger partial charge in [0.15, 0.2) is 0 Å². The SMILES string of the molecule is CCN(c1ncc(CN)c2ccccc12)C(C)C. The van der Waals surface area contributed by atoms with Gasteiger partial charge in [0.2, 0.25) is 0 Å². The number of benzene rings is 1. The normalized spacial score (nSPS) is 11.2.